The molecule has 6 heteroatoms. The molecule has 2 heterocycles. The molecular formula is C11H8ClN3S2. The summed E-state index contributed by atoms with van der Waals surface area (Å²) in [5, 5.41) is 4.03. The second-order valence-electron chi connectivity index (χ2n) is 3.44. The monoisotopic (exact) mass is 281 g/mol. The van der Waals surface area contributed by atoms with Crippen molar-refractivity contribution >= 4 is 50.2 Å². The molecule has 3 aromatic rings. The van der Waals surface area contributed by atoms with E-state index in [2.05, 4.69) is 15.3 Å². The van der Waals surface area contributed by atoms with Gasteiger partial charge in [0.15, 0.2) is 0 Å². The molecule has 2 aromatic heterocycles. The largest absolute Gasteiger partial charge is 0.377 e. The van der Waals surface area contributed by atoms with Gasteiger partial charge >= 0.3 is 0 Å². The summed E-state index contributed by atoms with van der Waals surface area (Å²) in [5.74, 6) is 0. The zero-order valence-corrected chi connectivity index (χ0v) is 11.1. The molecule has 1 aromatic carbocycles. The molecule has 0 radical (unpaired) electrons. The van der Waals surface area contributed by atoms with Crippen LogP contribution in [0.2, 0.25) is 5.02 Å². The third-order valence-electron chi connectivity index (χ3n) is 2.37. The lowest BCUT2D eigenvalue weighted by Crippen LogP contribution is -1.98. The molecule has 0 atom stereocenters. The van der Waals surface area contributed by atoms with Crippen LogP contribution in [0.25, 0.3) is 10.2 Å². The minimum Gasteiger partial charge on any atom is -0.377 e. The van der Waals surface area contributed by atoms with Crippen molar-refractivity contribution in [3.8, 4) is 0 Å². The predicted octanol–water partition coefficient (Wildman–Crippen LogP) is 4.02. The molecule has 0 amide bonds. The maximum Gasteiger partial charge on any atom is 0.106 e. The highest BCUT2D eigenvalue weighted by molar-refractivity contribution is 7.16. The van der Waals surface area contributed by atoms with E-state index < -0.39 is 0 Å². The Hall–Kier alpha value is -1.17. The van der Waals surface area contributed by atoms with Gasteiger partial charge in [-0.3, -0.25) is 4.98 Å². The van der Waals surface area contributed by atoms with Crippen LogP contribution in [-0.2, 0) is 6.54 Å². The molecule has 0 bridgehead atoms. The van der Waals surface area contributed by atoms with Crippen LogP contribution in [0.5, 0.6) is 0 Å². The van der Waals surface area contributed by atoms with E-state index in [1.54, 1.807) is 22.7 Å². The van der Waals surface area contributed by atoms with Gasteiger partial charge in [0, 0.05) is 11.1 Å². The van der Waals surface area contributed by atoms with Gasteiger partial charge in [-0.2, -0.15) is 0 Å². The Balaban J connectivity index is 1.93. The van der Waals surface area contributed by atoms with E-state index in [1.165, 1.54) is 4.88 Å². The summed E-state index contributed by atoms with van der Waals surface area (Å²) in [6.45, 7) is 0.723. The molecule has 0 fully saturated rings. The number of rotatable bonds is 3. The molecule has 0 aliphatic carbocycles. The quantitative estimate of drug-likeness (QED) is 0.788. The van der Waals surface area contributed by atoms with Gasteiger partial charge in [-0.25, -0.2) is 4.98 Å². The summed E-state index contributed by atoms with van der Waals surface area (Å²) in [7, 11) is 0. The fourth-order valence-corrected chi connectivity index (χ4v) is 3.02. The number of aromatic nitrogens is 2. The van der Waals surface area contributed by atoms with Crippen LogP contribution in [0, 0.1) is 0 Å². The second-order valence-corrected chi connectivity index (χ2v) is 5.71. The van der Waals surface area contributed by atoms with Gasteiger partial charge in [-0.05, 0) is 12.1 Å². The lowest BCUT2D eigenvalue weighted by molar-refractivity contribution is 1.18. The number of nitrogens with zero attached hydrogens (tertiary/aromatic N) is 2. The molecule has 86 valence electrons. The average molecular weight is 282 g/mol. The van der Waals surface area contributed by atoms with E-state index >= 15 is 0 Å². The lowest BCUT2D eigenvalue weighted by Gasteiger charge is -2.07. The van der Waals surface area contributed by atoms with E-state index in [9.17, 15) is 0 Å². The average Bonchev–Trinajstić information content (AvgIpc) is 2.97. The van der Waals surface area contributed by atoms with E-state index in [0.717, 1.165) is 22.4 Å². The van der Waals surface area contributed by atoms with E-state index in [1.807, 2.05) is 29.4 Å². The Morgan fingerprint density at radius 1 is 1.24 bits per heavy atom. The minimum absolute atomic E-state index is 0.702. The van der Waals surface area contributed by atoms with Crippen molar-refractivity contribution in [1.29, 1.82) is 0 Å². The normalized spacial score (nSPS) is 10.9. The number of fused-ring (bicyclic) bond motifs is 1. The van der Waals surface area contributed by atoms with Crippen LogP contribution < -0.4 is 5.32 Å². The summed E-state index contributed by atoms with van der Waals surface area (Å²) >= 11 is 9.43. The number of benzene rings is 1. The first-order valence-electron chi connectivity index (χ1n) is 4.97. The van der Waals surface area contributed by atoms with E-state index in [0.29, 0.717) is 5.02 Å². The molecule has 0 aliphatic rings. The summed E-state index contributed by atoms with van der Waals surface area (Å²) in [6.07, 6.45) is 1.85. The molecule has 0 saturated heterocycles. The first-order chi connectivity index (χ1) is 8.34. The second kappa shape index (κ2) is 4.60. The molecule has 0 saturated carbocycles. The van der Waals surface area contributed by atoms with Crippen molar-refractivity contribution in [3.05, 3.63) is 39.3 Å². The standard InChI is InChI=1S/C11H8ClN3S2/c12-8-1-2-9-11(15-6-17-9)10(8)14-4-7-3-13-5-16-7/h1-3,5-6,14H,4H2. The van der Waals surface area contributed by atoms with E-state index in [-0.39, 0.29) is 0 Å². The van der Waals surface area contributed by atoms with Gasteiger partial charge in [0.05, 0.1) is 33.0 Å². The van der Waals surface area contributed by atoms with Crippen molar-refractivity contribution in [1.82, 2.24) is 9.97 Å². The molecular weight excluding hydrogens is 274 g/mol. The molecule has 0 spiro atoms. The van der Waals surface area contributed by atoms with Crippen molar-refractivity contribution in [2.24, 2.45) is 0 Å². The third kappa shape index (κ3) is 2.13. The topological polar surface area (TPSA) is 37.8 Å². The minimum atomic E-state index is 0.702. The first kappa shape index (κ1) is 11.0. The smallest absolute Gasteiger partial charge is 0.106 e. The summed E-state index contributed by atoms with van der Waals surface area (Å²) in [4.78, 5) is 9.55. The van der Waals surface area contributed by atoms with Crippen molar-refractivity contribution in [2.75, 3.05) is 5.32 Å². The Kier molecular flexibility index (Phi) is 2.96. The van der Waals surface area contributed by atoms with Crippen molar-refractivity contribution in [3.63, 3.8) is 0 Å². The van der Waals surface area contributed by atoms with Gasteiger partial charge < -0.3 is 5.32 Å². The van der Waals surface area contributed by atoms with Crippen molar-refractivity contribution in [2.45, 2.75) is 6.54 Å². The zero-order valence-electron chi connectivity index (χ0n) is 8.68. The highest BCUT2D eigenvalue weighted by Crippen LogP contribution is 2.32. The molecule has 3 rings (SSSR count). The Morgan fingerprint density at radius 2 is 2.18 bits per heavy atom. The maximum atomic E-state index is 6.19. The molecule has 3 nitrogen and oxygen atoms in total. The van der Waals surface area contributed by atoms with E-state index in [4.69, 9.17) is 11.6 Å². The first-order valence-corrected chi connectivity index (χ1v) is 7.11. The highest BCUT2D eigenvalue weighted by Gasteiger charge is 2.08. The fraction of sp³-hybridized carbons (Fsp3) is 0.0909. The number of halogens is 1. The number of hydrogen-bond donors (Lipinski definition) is 1. The number of thiazole rings is 2. The molecule has 0 aliphatic heterocycles. The van der Waals surface area contributed by atoms with Crippen molar-refractivity contribution < 1.29 is 0 Å². The molecule has 1 N–H and O–H groups in total. The summed E-state index contributed by atoms with van der Waals surface area (Å²) < 4.78 is 1.14. The Labute approximate surface area is 111 Å². The zero-order chi connectivity index (χ0) is 11.7. The van der Waals surface area contributed by atoms with Crippen LogP contribution >= 0.6 is 34.3 Å². The SMILES string of the molecule is Clc1ccc2scnc2c1NCc1cncs1. The molecule has 17 heavy (non-hydrogen) atoms. The van der Waals surface area contributed by atoms with Crippen LogP contribution in [0.1, 0.15) is 4.88 Å². The van der Waals surface area contributed by atoms with Crippen LogP contribution in [0.15, 0.2) is 29.4 Å². The maximum absolute atomic E-state index is 6.19. The summed E-state index contributed by atoms with van der Waals surface area (Å²) in [6, 6.07) is 3.89. The lowest BCUT2D eigenvalue weighted by atomic mass is 10.3. The van der Waals surface area contributed by atoms with Gasteiger partial charge in [0.1, 0.15) is 5.52 Å². The third-order valence-corrected chi connectivity index (χ3v) is 4.26. The van der Waals surface area contributed by atoms with Crippen LogP contribution in [0.3, 0.4) is 0 Å². The Morgan fingerprint density at radius 3 is 3.00 bits per heavy atom. The van der Waals surface area contributed by atoms with Crippen LogP contribution in [0.4, 0.5) is 5.69 Å². The van der Waals surface area contributed by atoms with Gasteiger partial charge in [-0.15, -0.1) is 22.7 Å². The van der Waals surface area contributed by atoms with Gasteiger partial charge in [0.25, 0.3) is 0 Å². The fourth-order valence-electron chi connectivity index (χ4n) is 1.58. The number of hydrogen-bond acceptors (Lipinski definition) is 5. The van der Waals surface area contributed by atoms with Gasteiger partial charge in [0.2, 0.25) is 0 Å². The number of nitrogens with one attached hydrogen (secondary N) is 1. The summed E-state index contributed by atoms with van der Waals surface area (Å²) in [5.41, 5.74) is 5.49. The molecule has 0 unspecified atom stereocenters. The predicted molar refractivity (Wildman–Crippen MR) is 74.1 cm³/mol. The van der Waals surface area contributed by atoms with Gasteiger partial charge in [-0.1, -0.05) is 11.6 Å². The highest BCUT2D eigenvalue weighted by atomic mass is 35.5. The Bertz CT molecular complexity index is 633. The number of anilines is 1. The van der Waals surface area contributed by atoms with Crippen LogP contribution in [-0.4, -0.2) is 9.97 Å².